The molecule has 1 aromatic carbocycles. The third-order valence-corrected chi connectivity index (χ3v) is 3.47. The van der Waals surface area contributed by atoms with Gasteiger partial charge < -0.3 is 5.32 Å². The molecule has 5 nitrogen and oxygen atoms in total. The van der Waals surface area contributed by atoms with Crippen molar-refractivity contribution in [3.05, 3.63) is 29.8 Å². The Labute approximate surface area is 107 Å². The van der Waals surface area contributed by atoms with E-state index in [9.17, 15) is 8.42 Å². The Morgan fingerprint density at radius 3 is 2.33 bits per heavy atom. The van der Waals surface area contributed by atoms with E-state index in [0.717, 1.165) is 18.5 Å². The molecular formula is C12H15N3O2S. The van der Waals surface area contributed by atoms with Gasteiger partial charge in [-0.2, -0.15) is 8.42 Å². The van der Waals surface area contributed by atoms with Crippen LogP contribution < -0.4 is 5.32 Å². The maximum Gasteiger partial charge on any atom is 0.365 e. The zero-order chi connectivity index (χ0) is 13.2. The lowest BCUT2D eigenvalue weighted by Gasteiger charge is -2.06. The van der Waals surface area contributed by atoms with Gasteiger partial charge in [-0.05, 0) is 31.0 Å². The SMILES string of the molecule is CCCc1ccc(NC2=NS(=O)(=O)N=C2C)cc1. The third kappa shape index (κ3) is 2.95. The lowest BCUT2D eigenvalue weighted by atomic mass is 10.1. The number of amidine groups is 1. The summed E-state index contributed by atoms with van der Waals surface area (Å²) in [5.74, 6) is 0.290. The third-order valence-electron chi connectivity index (χ3n) is 2.56. The molecule has 96 valence electrons. The van der Waals surface area contributed by atoms with Crippen LogP contribution in [0.4, 0.5) is 5.69 Å². The van der Waals surface area contributed by atoms with E-state index in [-0.39, 0.29) is 0 Å². The Bertz CT molecular complexity index is 601. The zero-order valence-corrected chi connectivity index (χ0v) is 11.2. The van der Waals surface area contributed by atoms with Gasteiger partial charge in [-0.25, -0.2) is 0 Å². The molecule has 1 N–H and O–H groups in total. The molecule has 0 saturated carbocycles. The number of benzene rings is 1. The summed E-state index contributed by atoms with van der Waals surface area (Å²) in [5.41, 5.74) is 2.45. The second-order valence-corrected chi connectivity index (χ2v) is 5.40. The molecule has 0 unspecified atom stereocenters. The average molecular weight is 265 g/mol. The second-order valence-electron chi connectivity index (χ2n) is 4.14. The Hall–Kier alpha value is -1.69. The van der Waals surface area contributed by atoms with Gasteiger partial charge in [-0.15, -0.1) is 8.80 Å². The molecule has 2 rings (SSSR count). The lowest BCUT2D eigenvalue weighted by Crippen LogP contribution is -2.17. The van der Waals surface area contributed by atoms with E-state index in [1.807, 2.05) is 24.3 Å². The minimum atomic E-state index is -3.67. The van der Waals surface area contributed by atoms with Crippen molar-refractivity contribution in [1.82, 2.24) is 0 Å². The van der Waals surface area contributed by atoms with Crippen molar-refractivity contribution in [2.24, 2.45) is 8.80 Å². The molecule has 18 heavy (non-hydrogen) atoms. The van der Waals surface area contributed by atoms with Crippen molar-refractivity contribution >= 4 is 27.4 Å². The summed E-state index contributed by atoms with van der Waals surface area (Å²) >= 11 is 0. The van der Waals surface area contributed by atoms with E-state index in [2.05, 4.69) is 21.0 Å². The zero-order valence-electron chi connectivity index (χ0n) is 10.3. The van der Waals surface area contributed by atoms with Crippen LogP contribution in [0, 0.1) is 0 Å². The highest BCUT2D eigenvalue weighted by Crippen LogP contribution is 2.14. The van der Waals surface area contributed by atoms with Crippen molar-refractivity contribution in [3.8, 4) is 0 Å². The highest BCUT2D eigenvalue weighted by molar-refractivity contribution is 7.89. The first kappa shape index (κ1) is 12.8. The normalized spacial score (nSPS) is 17.2. The van der Waals surface area contributed by atoms with Crippen LogP contribution in [0.2, 0.25) is 0 Å². The van der Waals surface area contributed by atoms with Crippen LogP contribution >= 0.6 is 0 Å². The molecule has 0 amide bonds. The molecule has 1 aliphatic rings. The Kier molecular flexibility index (Phi) is 3.47. The summed E-state index contributed by atoms with van der Waals surface area (Å²) in [4.78, 5) is 0. The maximum atomic E-state index is 11.2. The number of hydrogen-bond acceptors (Lipinski definition) is 3. The van der Waals surface area contributed by atoms with Gasteiger partial charge in [0.15, 0.2) is 5.84 Å². The molecule has 0 aliphatic carbocycles. The number of rotatable bonds is 3. The van der Waals surface area contributed by atoms with Crippen molar-refractivity contribution in [3.63, 3.8) is 0 Å². The van der Waals surface area contributed by atoms with E-state index < -0.39 is 10.2 Å². The highest BCUT2D eigenvalue weighted by atomic mass is 32.2. The van der Waals surface area contributed by atoms with Crippen LogP contribution in [0.1, 0.15) is 25.8 Å². The number of nitrogens with one attached hydrogen (secondary N) is 1. The van der Waals surface area contributed by atoms with Gasteiger partial charge >= 0.3 is 10.2 Å². The fraction of sp³-hybridized carbons (Fsp3) is 0.333. The van der Waals surface area contributed by atoms with E-state index in [1.54, 1.807) is 6.92 Å². The van der Waals surface area contributed by atoms with Crippen LogP contribution in [0.3, 0.4) is 0 Å². The molecule has 1 heterocycles. The van der Waals surface area contributed by atoms with Crippen molar-refractivity contribution in [2.45, 2.75) is 26.7 Å². The van der Waals surface area contributed by atoms with Crippen LogP contribution in [0.5, 0.6) is 0 Å². The van der Waals surface area contributed by atoms with Crippen LogP contribution in [-0.4, -0.2) is 20.0 Å². The van der Waals surface area contributed by atoms with Gasteiger partial charge in [0, 0.05) is 5.69 Å². The summed E-state index contributed by atoms with van der Waals surface area (Å²) in [5, 5.41) is 2.96. The number of hydrogen-bond donors (Lipinski definition) is 1. The van der Waals surface area contributed by atoms with Gasteiger partial charge in [0.25, 0.3) is 0 Å². The summed E-state index contributed by atoms with van der Waals surface area (Å²) in [6, 6.07) is 7.85. The van der Waals surface area contributed by atoms with E-state index >= 15 is 0 Å². The van der Waals surface area contributed by atoms with E-state index in [0.29, 0.717) is 11.5 Å². The molecule has 0 fully saturated rings. The maximum absolute atomic E-state index is 11.2. The molecular weight excluding hydrogens is 250 g/mol. The first-order chi connectivity index (χ1) is 8.50. The topological polar surface area (TPSA) is 70.9 Å². The lowest BCUT2D eigenvalue weighted by molar-refractivity contribution is 0.601. The number of nitrogens with zero attached hydrogens (tertiary/aromatic N) is 2. The first-order valence-electron chi connectivity index (χ1n) is 5.78. The van der Waals surface area contributed by atoms with Crippen LogP contribution in [0.25, 0.3) is 0 Å². The predicted molar refractivity (Wildman–Crippen MR) is 73.5 cm³/mol. The first-order valence-corrected chi connectivity index (χ1v) is 7.17. The minimum absolute atomic E-state index is 0.290. The van der Waals surface area contributed by atoms with Crippen LogP contribution in [0.15, 0.2) is 33.1 Å². The molecule has 0 saturated heterocycles. The predicted octanol–water partition coefficient (Wildman–Crippen LogP) is 2.17. The fourth-order valence-corrected chi connectivity index (χ4v) is 2.59. The molecule has 1 aliphatic heterocycles. The fourth-order valence-electron chi connectivity index (χ4n) is 1.71. The summed E-state index contributed by atoms with van der Waals surface area (Å²) in [7, 11) is -3.67. The van der Waals surface area contributed by atoms with Gasteiger partial charge in [-0.1, -0.05) is 25.5 Å². The quantitative estimate of drug-likeness (QED) is 0.910. The molecule has 0 atom stereocenters. The largest absolute Gasteiger partial charge is 0.365 e. The Morgan fingerprint density at radius 2 is 1.83 bits per heavy atom. The highest BCUT2D eigenvalue weighted by Gasteiger charge is 2.20. The van der Waals surface area contributed by atoms with E-state index in [1.165, 1.54) is 5.56 Å². The molecule has 6 heteroatoms. The van der Waals surface area contributed by atoms with Gasteiger partial charge in [0.2, 0.25) is 0 Å². The van der Waals surface area contributed by atoms with Gasteiger partial charge in [0.05, 0.1) is 5.71 Å². The second kappa shape index (κ2) is 4.89. The van der Waals surface area contributed by atoms with Crippen LogP contribution in [-0.2, 0) is 16.6 Å². The van der Waals surface area contributed by atoms with E-state index in [4.69, 9.17) is 0 Å². The Balaban J connectivity index is 2.14. The van der Waals surface area contributed by atoms with Crippen molar-refractivity contribution in [1.29, 1.82) is 0 Å². The standard InChI is InChI=1S/C12H15N3O2S/c1-3-4-10-5-7-11(8-6-10)13-12-9(2)14-18(16,17)15-12/h5-8H,3-4H2,1-2H3,(H,13,15). The van der Waals surface area contributed by atoms with Gasteiger partial charge in [0.1, 0.15) is 0 Å². The monoisotopic (exact) mass is 265 g/mol. The smallest absolute Gasteiger partial charge is 0.338 e. The summed E-state index contributed by atoms with van der Waals surface area (Å²) in [6.45, 7) is 3.74. The number of anilines is 1. The average Bonchev–Trinajstić information content (AvgIpc) is 2.55. The molecule has 0 aromatic heterocycles. The molecule has 0 radical (unpaired) electrons. The molecule has 0 bridgehead atoms. The van der Waals surface area contributed by atoms with Crippen molar-refractivity contribution in [2.75, 3.05) is 5.32 Å². The van der Waals surface area contributed by atoms with Crippen molar-refractivity contribution < 1.29 is 8.42 Å². The summed E-state index contributed by atoms with van der Waals surface area (Å²) < 4.78 is 29.3. The summed E-state index contributed by atoms with van der Waals surface area (Å²) in [6.07, 6.45) is 2.14. The molecule has 1 aromatic rings. The molecule has 0 spiro atoms. The van der Waals surface area contributed by atoms with Gasteiger partial charge in [-0.3, -0.25) is 0 Å². The minimum Gasteiger partial charge on any atom is -0.338 e. The number of aryl methyl sites for hydroxylation is 1. The Morgan fingerprint density at radius 1 is 1.17 bits per heavy atom.